The molecular weight excluding hydrogens is 470 g/mol. The number of amides is 1. The number of β-amino-alcohol motifs (C(OH)–C–C–N with tert-alkyl or cyclic N) is 1. The molecule has 4 heterocycles. The Bertz CT molecular complexity index is 1520. The number of ether oxygens (including phenoxy) is 1. The lowest BCUT2D eigenvalue weighted by atomic mass is 10.1. The minimum Gasteiger partial charge on any atom is -0.497 e. The smallest absolute Gasteiger partial charge is 0.258 e. The Morgan fingerprint density at radius 3 is 2.65 bits per heavy atom. The maximum atomic E-state index is 13.0. The van der Waals surface area contributed by atoms with Gasteiger partial charge < -0.3 is 25.0 Å². The Hall–Kier alpha value is -4.70. The van der Waals surface area contributed by atoms with Crippen LogP contribution >= 0.6 is 0 Å². The number of para-hydroxylation sites is 2. The number of nitrogens with zero attached hydrogens (tertiary/aromatic N) is 5. The summed E-state index contributed by atoms with van der Waals surface area (Å²) in [5.41, 5.74) is 3.95. The third-order valence-electron chi connectivity index (χ3n) is 6.34. The third kappa shape index (κ3) is 4.62. The lowest BCUT2D eigenvalue weighted by Crippen LogP contribution is -2.51. The number of H-pyrrole nitrogens is 1. The van der Waals surface area contributed by atoms with Crippen LogP contribution < -0.4 is 15.0 Å². The van der Waals surface area contributed by atoms with Crippen molar-refractivity contribution in [3.05, 3.63) is 84.1 Å². The molecule has 3 N–H and O–H groups in total. The van der Waals surface area contributed by atoms with Crippen molar-refractivity contribution in [3.8, 4) is 17.3 Å². The molecule has 0 radical (unpaired) electrons. The highest BCUT2D eigenvalue weighted by Gasteiger charge is 2.25. The molecule has 10 nitrogen and oxygen atoms in total. The first-order chi connectivity index (χ1) is 18.1. The predicted octanol–water partition coefficient (Wildman–Crippen LogP) is 3.31. The minimum absolute atomic E-state index is 0.312. The Kier molecular flexibility index (Phi) is 5.78. The van der Waals surface area contributed by atoms with E-state index in [1.54, 1.807) is 19.2 Å². The highest BCUT2D eigenvalue weighted by atomic mass is 16.5. The summed E-state index contributed by atoms with van der Waals surface area (Å²) in [4.78, 5) is 27.4. The number of aromatic nitrogens is 5. The van der Waals surface area contributed by atoms with E-state index in [1.807, 2.05) is 64.2 Å². The molecule has 1 saturated heterocycles. The topological polar surface area (TPSA) is 121 Å². The summed E-state index contributed by atoms with van der Waals surface area (Å²) in [6.07, 6.45) is 1.21. The summed E-state index contributed by atoms with van der Waals surface area (Å²) in [5, 5.41) is 17.1. The molecule has 5 aromatic rings. The lowest BCUT2D eigenvalue weighted by molar-refractivity contribution is 0.102. The van der Waals surface area contributed by atoms with E-state index in [0.717, 1.165) is 33.9 Å². The van der Waals surface area contributed by atoms with Crippen LogP contribution in [0.5, 0.6) is 5.75 Å². The largest absolute Gasteiger partial charge is 0.497 e. The average molecular weight is 496 g/mol. The number of hydrogen-bond acceptors (Lipinski definition) is 7. The number of hydrogen-bond donors (Lipinski definition) is 3. The van der Waals surface area contributed by atoms with Crippen LogP contribution in [-0.2, 0) is 6.54 Å². The number of fused-ring (bicyclic) bond motifs is 1. The van der Waals surface area contributed by atoms with Crippen molar-refractivity contribution in [2.24, 2.45) is 0 Å². The predicted molar refractivity (Wildman–Crippen MR) is 140 cm³/mol. The summed E-state index contributed by atoms with van der Waals surface area (Å²) < 4.78 is 7.08. The summed E-state index contributed by atoms with van der Waals surface area (Å²) in [7, 11) is 1.63. The Labute approximate surface area is 212 Å². The van der Waals surface area contributed by atoms with E-state index in [9.17, 15) is 9.90 Å². The van der Waals surface area contributed by atoms with Gasteiger partial charge in [-0.3, -0.25) is 9.48 Å². The second kappa shape index (κ2) is 9.40. The number of nitrogens with one attached hydrogen (secondary N) is 2. The van der Waals surface area contributed by atoms with E-state index in [-0.39, 0.29) is 12.0 Å². The molecule has 10 heteroatoms. The molecule has 2 aromatic carbocycles. The molecule has 37 heavy (non-hydrogen) atoms. The SMILES string of the molecule is COc1ccc(Cn2nc(NC(=O)c3ccc(N4CC(O)C4)nc3)cc2-c2nc3ccccc3[nH]2)cc1. The molecule has 3 aromatic heterocycles. The number of rotatable bonds is 7. The van der Waals surface area contributed by atoms with Gasteiger partial charge in [0.2, 0.25) is 0 Å². The van der Waals surface area contributed by atoms with Crippen molar-refractivity contribution in [1.82, 2.24) is 24.7 Å². The van der Waals surface area contributed by atoms with E-state index < -0.39 is 0 Å². The molecule has 0 atom stereocenters. The van der Waals surface area contributed by atoms with Crippen molar-refractivity contribution in [3.63, 3.8) is 0 Å². The molecule has 1 amide bonds. The van der Waals surface area contributed by atoms with Gasteiger partial charge in [-0.05, 0) is 42.0 Å². The van der Waals surface area contributed by atoms with E-state index >= 15 is 0 Å². The second-order valence-corrected chi connectivity index (χ2v) is 8.94. The van der Waals surface area contributed by atoms with Crippen LogP contribution in [0, 0.1) is 0 Å². The summed E-state index contributed by atoms with van der Waals surface area (Å²) in [5.74, 6) is 2.26. The molecule has 1 aliphatic rings. The monoisotopic (exact) mass is 495 g/mol. The van der Waals surface area contributed by atoms with Gasteiger partial charge in [-0.15, -0.1) is 0 Å². The van der Waals surface area contributed by atoms with E-state index in [0.29, 0.717) is 36.8 Å². The van der Waals surface area contributed by atoms with Gasteiger partial charge in [-0.2, -0.15) is 5.10 Å². The van der Waals surface area contributed by atoms with Crippen LogP contribution in [0.4, 0.5) is 11.6 Å². The third-order valence-corrected chi connectivity index (χ3v) is 6.34. The zero-order valence-electron chi connectivity index (χ0n) is 20.1. The average Bonchev–Trinajstić information content (AvgIpc) is 3.51. The van der Waals surface area contributed by atoms with Gasteiger partial charge in [0.15, 0.2) is 11.6 Å². The van der Waals surface area contributed by atoms with E-state index in [2.05, 4.69) is 20.4 Å². The second-order valence-electron chi connectivity index (χ2n) is 8.94. The number of aromatic amines is 1. The van der Waals surface area contributed by atoms with Crippen LogP contribution in [0.1, 0.15) is 15.9 Å². The van der Waals surface area contributed by atoms with Crippen molar-refractivity contribution in [1.29, 1.82) is 0 Å². The van der Waals surface area contributed by atoms with Gasteiger partial charge in [0.25, 0.3) is 5.91 Å². The first-order valence-electron chi connectivity index (χ1n) is 11.9. The number of aliphatic hydroxyl groups excluding tert-OH is 1. The highest BCUT2D eigenvalue weighted by Crippen LogP contribution is 2.25. The number of benzene rings is 2. The summed E-state index contributed by atoms with van der Waals surface area (Å²) in [6.45, 7) is 1.58. The van der Waals surface area contributed by atoms with Crippen LogP contribution in [-0.4, -0.2) is 62.0 Å². The maximum absolute atomic E-state index is 13.0. The normalized spacial score (nSPS) is 13.5. The maximum Gasteiger partial charge on any atom is 0.258 e. The highest BCUT2D eigenvalue weighted by molar-refractivity contribution is 6.03. The molecule has 186 valence electrons. The van der Waals surface area contributed by atoms with E-state index in [4.69, 9.17) is 9.72 Å². The van der Waals surface area contributed by atoms with Gasteiger partial charge in [0, 0.05) is 25.4 Å². The van der Waals surface area contributed by atoms with Crippen molar-refractivity contribution in [2.45, 2.75) is 12.6 Å². The van der Waals surface area contributed by atoms with Crippen LogP contribution in [0.25, 0.3) is 22.6 Å². The van der Waals surface area contributed by atoms with E-state index in [1.165, 1.54) is 6.20 Å². The number of anilines is 2. The quantitative estimate of drug-likeness (QED) is 0.317. The van der Waals surface area contributed by atoms with Crippen LogP contribution in [0.2, 0.25) is 0 Å². The Balaban J connectivity index is 1.27. The number of pyridine rings is 1. The summed E-state index contributed by atoms with van der Waals surface area (Å²) >= 11 is 0. The van der Waals surface area contributed by atoms with Gasteiger partial charge in [-0.25, -0.2) is 9.97 Å². The van der Waals surface area contributed by atoms with Crippen molar-refractivity contribution in [2.75, 3.05) is 30.4 Å². The number of carbonyl (C=O) groups is 1. The molecule has 0 saturated carbocycles. The molecule has 0 spiro atoms. The Morgan fingerprint density at radius 1 is 1.14 bits per heavy atom. The fraction of sp³-hybridized carbons (Fsp3) is 0.185. The standard InChI is InChI=1S/C27H25N7O3/c1-37-20-9-6-17(7-10-20)14-34-23(26-29-21-4-2-3-5-22(21)30-26)12-24(32-34)31-27(36)18-8-11-25(28-13-18)33-15-19(35)16-33/h2-13,19,35H,14-16H2,1H3,(H,29,30)(H,31,32,36). The van der Waals surface area contributed by atoms with Crippen molar-refractivity contribution < 1.29 is 14.6 Å². The molecular formula is C27H25N7O3. The number of aliphatic hydroxyl groups is 1. The zero-order chi connectivity index (χ0) is 25.4. The number of imidazole rings is 1. The molecule has 0 bridgehead atoms. The summed E-state index contributed by atoms with van der Waals surface area (Å²) in [6, 6.07) is 20.9. The molecule has 0 aliphatic carbocycles. The van der Waals surface area contributed by atoms with Crippen molar-refractivity contribution >= 4 is 28.6 Å². The lowest BCUT2D eigenvalue weighted by Gasteiger charge is -2.36. The van der Waals surface area contributed by atoms with Crippen LogP contribution in [0.3, 0.4) is 0 Å². The first kappa shape index (κ1) is 22.7. The van der Waals surface area contributed by atoms with Gasteiger partial charge in [-0.1, -0.05) is 24.3 Å². The molecule has 1 aliphatic heterocycles. The van der Waals surface area contributed by atoms with Gasteiger partial charge in [0.05, 0.1) is 36.4 Å². The number of methoxy groups -OCH3 is 1. The Morgan fingerprint density at radius 2 is 1.95 bits per heavy atom. The fourth-order valence-corrected chi connectivity index (χ4v) is 4.31. The fourth-order valence-electron chi connectivity index (χ4n) is 4.31. The zero-order valence-corrected chi connectivity index (χ0v) is 20.1. The molecule has 6 rings (SSSR count). The van der Waals surface area contributed by atoms with Crippen LogP contribution in [0.15, 0.2) is 72.9 Å². The van der Waals surface area contributed by atoms with Gasteiger partial charge >= 0.3 is 0 Å². The minimum atomic E-state index is -0.321. The molecule has 0 unspecified atom stereocenters. The first-order valence-corrected chi connectivity index (χ1v) is 11.9. The number of carbonyl (C=O) groups excluding carboxylic acids is 1. The molecule has 1 fully saturated rings. The van der Waals surface area contributed by atoms with Gasteiger partial charge in [0.1, 0.15) is 17.3 Å².